The Balaban J connectivity index is 1.62. The molecule has 0 unspecified atom stereocenters. The monoisotopic (exact) mass is 388 g/mol. The zero-order chi connectivity index (χ0) is 18.7. The number of nitrogens with one attached hydrogen (secondary N) is 1. The summed E-state index contributed by atoms with van der Waals surface area (Å²) < 4.78 is 5.28. The van der Waals surface area contributed by atoms with Crippen LogP contribution in [-0.2, 0) is 11.3 Å². The van der Waals surface area contributed by atoms with Gasteiger partial charge in [0.05, 0.1) is 18.2 Å². The average molecular weight is 389 g/mol. The van der Waals surface area contributed by atoms with Gasteiger partial charge in [0, 0.05) is 17.0 Å². The van der Waals surface area contributed by atoms with E-state index in [9.17, 15) is 4.79 Å². The van der Waals surface area contributed by atoms with Crippen molar-refractivity contribution < 1.29 is 9.53 Å². The van der Waals surface area contributed by atoms with Gasteiger partial charge in [-0.05, 0) is 25.5 Å². The summed E-state index contributed by atoms with van der Waals surface area (Å²) in [6.45, 7) is 4.47. The Labute approximate surface area is 160 Å². The number of para-hydroxylation sites is 1. The summed E-state index contributed by atoms with van der Waals surface area (Å²) in [4.78, 5) is 23.0. The lowest BCUT2D eigenvalue weighted by atomic mass is 10.2. The molecule has 6 nitrogen and oxygen atoms in total. The van der Waals surface area contributed by atoms with Gasteiger partial charge in [0.25, 0.3) is 0 Å². The number of thioether (sulfide) groups is 1. The minimum Gasteiger partial charge on any atom is -0.496 e. The Kier molecular flexibility index (Phi) is 5.63. The second-order valence-electron chi connectivity index (χ2n) is 5.73. The largest absolute Gasteiger partial charge is 0.496 e. The van der Waals surface area contributed by atoms with Crippen LogP contribution in [-0.4, -0.2) is 28.7 Å². The molecule has 3 aromatic rings. The minimum atomic E-state index is -0.0956. The van der Waals surface area contributed by atoms with E-state index in [1.807, 2.05) is 38.1 Å². The molecule has 0 saturated heterocycles. The number of hydrogen-bond donors (Lipinski definition) is 2. The van der Waals surface area contributed by atoms with Crippen LogP contribution in [0.3, 0.4) is 0 Å². The number of hydrogen-bond acceptors (Lipinski definition) is 7. The molecule has 3 rings (SSSR count). The number of thiophene rings is 1. The van der Waals surface area contributed by atoms with Gasteiger partial charge in [-0.1, -0.05) is 30.0 Å². The van der Waals surface area contributed by atoms with Gasteiger partial charge in [0.2, 0.25) is 5.91 Å². The zero-order valence-electron chi connectivity index (χ0n) is 14.8. The maximum absolute atomic E-state index is 12.1. The number of aromatic nitrogens is 2. The van der Waals surface area contributed by atoms with Crippen LogP contribution in [0.5, 0.6) is 5.75 Å². The number of nitrogens with zero attached hydrogens (tertiary/aromatic N) is 2. The third-order valence-electron chi connectivity index (χ3n) is 4.04. The number of carbonyl (C=O) groups excluding carboxylic acids is 1. The van der Waals surface area contributed by atoms with Crippen LogP contribution in [0.25, 0.3) is 10.2 Å². The van der Waals surface area contributed by atoms with Crippen molar-refractivity contribution in [2.45, 2.75) is 25.5 Å². The van der Waals surface area contributed by atoms with E-state index in [4.69, 9.17) is 10.5 Å². The molecule has 0 radical (unpaired) electrons. The maximum atomic E-state index is 12.1. The van der Waals surface area contributed by atoms with Gasteiger partial charge < -0.3 is 15.8 Å². The predicted molar refractivity (Wildman–Crippen MR) is 107 cm³/mol. The molecule has 136 valence electrons. The first-order chi connectivity index (χ1) is 12.5. The number of nitrogen functional groups attached to an aromatic ring is 1. The summed E-state index contributed by atoms with van der Waals surface area (Å²) in [5, 5.41) is 4.32. The Bertz CT molecular complexity index is 956. The second kappa shape index (κ2) is 7.92. The van der Waals surface area contributed by atoms with Crippen molar-refractivity contribution in [2.75, 3.05) is 18.6 Å². The van der Waals surface area contributed by atoms with Crippen LogP contribution in [0.4, 0.5) is 5.82 Å². The normalized spacial score (nSPS) is 10.9. The van der Waals surface area contributed by atoms with Gasteiger partial charge in [0.1, 0.15) is 16.4 Å². The number of anilines is 1. The van der Waals surface area contributed by atoms with Crippen LogP contribution in [0.2, 0.25) is 0 Å². The first-order valence-electron chi connectivity index (χ1n) is 8.04. The van der Waals surface area contributed by atoms with E-state index in [2.05, 4.69) is 15.3 Å². The number of nitrogens with two attached hydrogens (primary N) is 1. The number of rotatable bonds is 6. The summed E-state index contributed by atoms with van der Waals surface area (Å²) in [5.41, 5.74) is 8.12. The van der Waals surface area contributed by atoms with Gasteiger partial charge in [0.15, 0.2) is 5.16 Å². The smallest absolute Gasteiger partial charge is 0.230 e. The van der Waals surface area contributed by atoms with Crippen LogP contribution in [0, 0.1) is 13.8 Å². The fourth-order valence-corrected chi connectivity index (χ4v) is 4.32. The highest BCUT2D eigenvalue weighted by Gasteiger charge is 2.14. The van der Waals surface area contributed by atoms with E-state index in [0.717, 1.165) is 27.1 Å². The van der Waals surface area contributed by atoms with E-state index >= 15 is 0 Å². The van der Waals surface area contributed by atoms with Crippen molar-refractivity contribution in [3.05, 3.63) is 40.3 Å². The molecule has 0 bridgehead atoms. The van der Waals surface area contributed by atoms with Crippen molar-refractivity contribution in [3.63, 3.8) is 0 Å². The molecule has 2 aromatic heterocycles. The molecular weight excluding hydrogens is 368 g/mol. The maximum Gasteiger partial charge on any atom is 0.230 e. The van der Waals surface area contributed by atoms with Crippen LogP contribution in [0.1, 0.15) is 16.0 Å². The van der Waals surface area contributed by atoms with Crippen molar-refractivity contribution in [1.82, 2.24) is 15.3 Å². The van der Waals surface area contributed by atoms with Crippen LogP contribution >= 0.6 is 23.1 Å². The van der Waals surface area contributed by atoms with Crippen LogP contribution in [0.15, 0.2) is 29.4 Å². The molecule has 3 N–H and O–H groups in total. The number of amides is 1. The fraction of sp³-hybridized carbons (Fsp3) is 0.278. The minimum absolute atomic E-state index is 0.0956. The van der Waals surface area contributed by atoms with Gasteiger partial charge in [-0.2, -0.15) is 0 Å². The standard InChI is InChI=1S/C18H20N4O2S2/c1-10-11(2)26-17-15(10)16(19)21-18(22-17)25-9-14(23)20-8-12-6-4-5-7-13(12)24-3/h4-7H,8-9H2,1-3H3,(H,20,23)(H2,19,21,22). The summed E-state index contributed by atoms with van der Waals surface area (Å²) in [7, 11) is 1.61. The Morgan fingerprint density at radius 3 is 2.85 bits per heavy atom. The van der Waals surface area contributed by atoms with Crippen molar-refractivity contribution in [1.29, 1.82) is 0 Å². The molecule has 0 saturated carbocycles. The fourth-order valence-electron chi connectivity index (χ4n) is 2.55. The third kappa shape index (κ3) is 3.91. The zero-order valence-corrected chi connectivity index (χ0v) is 16.5. The van der Waals surface area contributed by atoms with E-state index < -0.39 is 0 Å². The van der Waals surface area contributed by atoms with Gasteiger partial charge in [-0.25, -0.2) is 9.97 Å². The molecule has 1 amide bonds. The van der Waals surface area contributed by atoms with Crippen molar-refractivity contribution in [3.8, 4) is 5.75 Å². The predicted octanol–water partition coefficient (Wildman–Crippen LogP) is 3.31. The van der Waals surface area contributed by atoms with E-state index in [0.29, 0.717) is 17.5 Å². The summed E-state index contributed by atoms with van der Waals surface area (Å²) in [6.07, 6.45) is 0. The Morgan fingerprint density at radius 2 is 2.08 bits per heavy atom. The number of ether oxygens (including phenoxy) is 1. The summed E-state index contributed by atoms with van der Waals surface area (Å²) in [5.74, 6) is 1.35. The second-order valence-corrected chi connectivity index (χ2v) is 7.88. The molecule has 8 heteroatoms. The molecule has 0 aliphatic heterocycles. The van der Waals surface area contributed by atoms with Crippen molar-refractivity contribution >= 4 is 45.0 Å². The molecule has 0 fully saturated rings. The molecular formula is C18H20N4O2S2. The first kappa shape index (κ1) is 18.5. The number of aryl methyl sites for hydroxylation is 2. The number of methoxy groups -OCH3 is 1. The number of carbonyl (C=O) groups is 1. The quantitative estimate of drug-likeness (QED) is 0.497. The topological polar surface area (TPSA) is 90.1 Å². The Hall–Kier alpha value is -2.32. The first-order valence-corrected chi connectivity index (χ1v) is 9.84. The number of benzene rings is 1. The lowest BCUT2D eigenvalue weighted by Crippen LogP contribution is -2.24. The number of fused-ring (bicyclic) bond motifs is 1. The van der Waals surface area contributed by atoms with Gasteiger partial charge >= 0.3 is 0 Å². The van der Waals surface area contributed by atoms with E-state index in [1.165, 1.54) is 16.6 Å². The van der Waals surface area contributed by atoms with E-state index in [-0.39, 0.29) is 11.7 Å². The van der Waals surface area contributed by atoms with E-state index in [1.54, 1.807) is 18.4 Å². The molecule has 26 heavy (non-hydrogen) atoms. The summed E-state index contributed by atoms with van der Waals surface area (Å²) >= 11 is 2.87. The lowest BCUT2D eigenvalue weighted by molar-refractivity contribution is -0.118. The molecule has 0 spiro atoms. The van der Waals surface area contributed by atoms with Crippen molar-refractivity contribution in [2.24, 2.45) is 0 Å². The van der Waals surface area contributed by atoms with Gasteiger partial charge in [-0.3, -0.25) is 4.79 Å². The highest BCUT2D eigenvalue weighted by molar-refractivity contribution is 7.99. The third-order valence-corrected chi connectivity index (χ3v) is 5.99. The average Bonchev–Trinajstić information content (AvgIpc) is 2.92. The highest BCUT2D eigenvalue weighted by Crippen LogP contribution is 2.33. The summed E-state index contributed by atoms with van der Waals surface area (Å²) in [6, 6.07) is 7.60. The molecule has 2 heterocycles. The SMILES string of the molecule is COc1ccccc1CNC(=O)CSc1nc(N)c2c(C)c(C)sc2n1. The molecule has 1 aromatic carbocycles. The molecule has 0 aliphatic carbocycles. The Morgan fingerprint density at radius 1 is 1.31 bits per heavy atom. The van der Waals surface area contributed by atoms with Crippen LogP contribution < -0.4 is 15.8 Å². The van der Waals surface area contributed by atoms with Gasteiger partial charge in [-0.15, -0.1) is 11.3 Å². The lowest BCUT2D eigenvalue weighted by Gasteiger charge is -2.09. The molecule has 0 aliphatic rings. The molecule has 0 atom stereocenters. The highest BCUT2D eigenvalue weighted by atomic mass is 32.2.